The minimum atomic E-state index is -3.79. The van der Waals surface area contributed by atoms with Crippen LogP contribution < -0.4 is 20.3 Å². The summed E-state index contributed by atoms with van der Waals surface area (Å²) < 4.78 is 31.4. The number of hydrogen-bond donors (Lipinski definition) is 2. The number of nitrogens with one attached hydrogen (secondary N) is 1. The van der Waals surface area contributed by atoms with Crippen LogP contribution >= 0.6 is 0 Å². The lowest BCUT2D eigenvalue weighted by Crippen LogP contribution is -2.27. The van der Waals surface area contributed by atoms with Gasteiger partial charge >= 0.3 is 0 Å². The molecule has 0 unspecified atom stereocenters. The highest BCUT2D eigenvalue weighted by Gasteiger charge is 2.24. The second-order valence-corrected chi connectivity index (χ2v) is 6.00. The van der Waals surface area contributed by atoms with Crippen LogP contribution in [0.2, 0.25) is 0 Å². The van der Waals surface area contributed by atoms with Crippen molar-refractivity contribution < 1.29 is 13.2 Å². The van der Waals surface area contributed by atoms with Crippen molar-refractivity contribution in [1.29, 1.82) is 0 Å². The molecular weight excluding hydrogens is 294 g/mol. The number of para-hydroxylation sites is 2. The maximum atomic E-state index is 12.5. The number of rotatable bonds is 5. The van der Waals surface area contributed by atoms with E-state index in [1.807, 2.05) is 0 Å². The van der Waals surface area contributed by atoms with E-state index in [1.165, 1.54) is 26.6 Å². The fourth-order valence-corrected chi connectivity index (χ4v) is 2.80. The number of anilines is 2. The summed E-state index contributed by atoms with van der Waals surface area (Å²) in [7, 11) is -0.881. The van der Waals surface area contributed by atoms with Crippen molar-refractivity contribution >= 4 is 21.7 Å². The highest BCUT2D eigenvalue weighted by Crippen LogP contribution is 2.30. The average Bonchev–Trinajstić information content (AvgIpc) is 2.54. The Bertz CT molecular complexity index is 718. The maximum Gasteiger partial charge on any atom is 0.267 e. The Kier molecular flexibility index (Phi) is 4.24. The molecule has 21 heavy (non-hydrogen) atoms. The molecule has 0 aliphatic heterocycles. The van der Waals surface area contributed by atoms with Gasteiger partial charge in [0.1, 0.15) is 10.6 Å². The summed E-state index contributed by atoms with van der Waals surface area (Å²) >= 11 is 0. The van der Waals surface area contributed by atoms with E-state index in [4.69, 9.17) is 10.6 Å². The molecule has 1 heterocycles. The fraction of sp³-hybridized carbons (Fsp3) is 0.167. The molecule has 0 amide bonds. The minimum Gasteiger partial charge on any atom is -0.495 e. The molecule has 0 bridgehead atoms. The summed E-state index contributed by atoms with van der Waals surface area (Å²) in [6.07, 6.45) is 2.37. The number of ether oxygens (including phenoxy) is 1. The molecule has 0 aliphatic rings. The number of hydrazine groups is 1. The lowest BCUT2D eigenvalue weighted by atomic mass is 10.3. The number of nitrogens with two attached hydrogens (primary N) is 1. The van der Waals surface area contributed by atoms with E-state index in [0.29, 0.717) is 11.4 Å². The molecule has 2 rings (SSSR count). The molecule has 0 radical (unpaired) electrons. The van der Waals surface area contributed by atoms with Gasteiger partial charge in [0.25, 0.3) is 10.0 Å². The van der Waals surface area contributed by atoms with Gasteiger partial charge in [0.2, 0.25) is 5.95 Å². The molecule has 0 fully saturated rings. The highest BCUT2D eigenvalue weighted by atomic mass is 32.2. The van der Waals surface area contributed by atoms with Gasteiger partial charge in [0.05, 0.1) is 25.2 Å². The molecule has 1 aromatic carbocycles. The van der Waals surface area contributed by atoms with Crippen LogP contribution in [0.4, 0.5) is 11.6 Å². The summed E-state index contributed by atoms with van der Waals surface area (Å²) in [6, 6.07) is 6.81. The lowest BCUT2D eigenvalue weighted by Gasteiger charge is -2.21. The molecule has 0 saturated heterocycles. The van der Waals surface area contributed by atoms with E-state index in [2.05, 4.69) is 15.4 Å². The number of methoxy groups -OCH3 is 1. The third-order valence-corrected chi connectivity index (χ3v) is 4.56. The highest BCUT2D eigenvalue weighted by molar-refractivity contribution is 7.92. The normalized spacial score (nSPS) is 11.0. The smallest absolute Gasteiger partial charge is 0.267 e. The molecular formula is C12H15N5O3S. The Balaban J connectivity index is 2.42. The van der Waals surface area contributed by atoms with Crippen LogP contribution in [-0.4, -0.2) is 32.5 Å². The van der Waals surface area contributed by atoms with Gasteiger partial charge in [0, 0.05) is 7.05 Å². The van der Waals surface area contributed by atoms with Crippen LogP contribution in [0.1, 0.15) is 0 Å². The van der Waals surface area contributed by atoms with Crippen LogP contribution in [0.3, 0.4) is 0 Å². The van der Waals surface area contributed by atoms with Crippen LogP contribution in [0.25, 0.3) is 0 Å². The summed E-state index contributed by atoms with van der Waals surface area (Å²) in [6.45, 7) is 0. The van der Waals surface area contributed by atoms with Crippen molar-refractivity contribution in [2.45, 2.75) is 4.90 Å². The summed E-state index contributed by atoms with van der Waals surface area (Å²) in [5.41, 5.74) is 2.65. The van der Waals surface area contributed by atoms with Gasteiger partial charge in [-0.1, -0.05) is 12.1 Å². The van der Waals surface area contributed by atoms with E-state index in [-0.39, 0.29) is 10.8 Å². The minimum absolute atomic E-state index is 0.0464. The van der Waals surface area contributed by atoms with E-state index in [1.54, 1.807) is 24.3 Å². The third-order valence-electron chi connectivity index (χ3n) is 2.84. The first kappa shape index (κ1) is 15.0. The topological polar surface area (TPSA) is 110 Å². The molecule has 0 saturated carbocycles. The fourth-order valence-electron chi connectivity index (χ4n) is 1.70. The Morgan fingerprint density at radius 2 is 1.86 bits per heavy atom. The van der Waals surface area contributed by atoms with Crippen LogP contribution in [-0.2, 0) is 10.0 Å². The largest absolute Gasteiger partial charge is 0.495 e. The van der Waals surface area contributed by atoms with Gasteiger partial charge < -0.3 is 4.74 Å². The van der Waals surface area contributed by atoms with Gasteiger partial charge in [-0.3, -0.25) is 9.73 Å². The van der Waals surface area contributed by atoms with Gasteiger partial charge in [-0.15, -0.1) is 0 Å². The Morgan fingerprint density at radius 1 is 1.24 bits per heavy atom. The molecule has 0 spiro atoms. The number of hydrogen-bond acceptors (Lipinski definition) is 7. The Labute approximate surface area is 122 Å². The van der Waals surface area contributed by atoms with Crippen molar-refractivity contribution in [2.75, 3.05) is 23.9 Å². The zero-order valence-corrected chi connectivity index (χ0v) is 12.3. The molecule has 0 atom stereocenters. The van der Waals surface area contributed by atoms with Crippen LogP contribution in [0.15, 0.2) is 41.6 Å². The predicted molar refractivity (Wildman–Crippen MR) is 78.4 cm³/mol. The second kappa shape index (κ2) is 5.94. The number of sulfonamides is 1. The van der Waals surface area contributed by atoms with Crippen molar-refractivity contribution in [3.8, 4) is 5.75 Å². The molecule has 2 aromatic rings. The monoisotopic (exact) mass is 309 g/mol. The SMILES string of the molecule is COc1ccccc1N(C)S(=O)(=O)c1cnc(NN)nc1. The number of benzene rings is 1. The zero-order chi connectivity index (χ0) is 15.5. The van der Waals surface area contributed by atoms with E-state index in [9.17, 15) is 8.42 Å². The van der Waals surface area contributed by atoms with Gasteiger partial charge in [-0.25, -0.2) is 24.2 Å². The Hall–Kier alpha value is -2.39. The van der Waals surface area contributed by atoms with Gasteiger partial charge in [-0.05, 0) is 12.1 Å². The van der Waals surface area contributed by atoms with Gasteiger partial charge in [0.15, 0.2) is 0 Å². The van der Waals surface area contributed by atoms with Crippen LogP contribution in [0, 0.1) is 0 Å². The summed E-state index contributed by atoms with van der Waals surface area (Å²) in [4.78, 5) is 7.55. The van der Waals surface area contributed by atoms with Crippen molar-refractivity contribution in [3.63, 3.8) is 0 Å². The predicted octanol–water partition coefficient (Wildman–Crippen LogP) is 0.596. The molecule has 9 heteroatoms. The first-order chi connectivity index (χ1) is 10.0. The number of nitrogens with zero attached hydrogens (tertiary/aromatic N) is 3. The molecule has 1 aromatic heterocycles. The first-order valence-electron chi connectivity index (χ1n) is 5.91. The van der Waals surface area contributed by atoms with E-state index < -0.39 is 10.0 Å². The molecule has 8 nitrogen and oxygen atoms in total. The standard InChI is InChI=1S/C12H15N5O3S/c1-17(10-5-3-4-6-11(10)20-2)21(18,19)9-7-14-12(16-13)15-8-9/h3-8H,13H2,1-2H3,(H,14,15,16). The average molecular weight is 309 g/mol. The van der Waals surface area contributed by atoms with Crippen molar-refractivity contribution in [1.82, 2.24) is 9.97 Å². The van der Waals surface area contributed by atoms with E-state index in [0.717, 1.165) is 4.31 Å². The summed E-state index contributed by atoms with van der Waals surface area (Å²) in [5.74, 6) is 5.73. The number of aromatic nitrogens is 2. The quantitative estimate of drug-likeness (QED) is 0.614. The third kappa shape index (κ3) is 2.88. The van der Waals surface area contributed by atoms with Gasteiger partial charge in [-0.2, -0.15) is 0 Å². The number of nitrogen functional groups attached to an aromatic ring is 1. The molecule has 0 aliphatic carbocycles. The van der Waals surface area contributed by atoms with E-state index >= 15 is 0 Å². The van der Waals surface area contributed by atoms with Crippen molar-refractivity contribution in [2.24, 2.45) is 5.84 Å². The zero-order valence-electron chi connectivity index (χ0n) is 11.5. The second-order valence-electron chi connectivity index (χ2n) is 4.03. The Morgan fingerprint density at radius 3 is 2.43 bits per heavy atom. The van der Waals surface area contributed by atoms with Crippen molar-refractivity contribution in [3.05, 3.63) is 36.7 Å². The van der Waals surface area contributed by atoms with Crippen LogP contribution in [0.5, 0.6) is 5.75 Å². The molecule has 112 valence electrons. The first-order valence-corrected chi connectivity index (χ1v) is 7.35. The summed E-state index contributed by atoms with van der Waals surface area (Å²) in [5, 5.41) is 0. The maximum absolute atomic E-state index is 12.5. The lowest BCUT2D eigenvalue weighted by molar-refractivity contribution is 0.416. The molecule has 3 N–H and O–H groups in total.